The number of hydrogen-bond acceptors (Lipinski definition) is 5. The van der Waals surface area contributed by atoms with Gasteiger partial charge in [-0.25, -0.2) is 13.4 Å². The van der Waals surface area contributed by atoms with E-state index in [4.69, 9.17) is 0 Å². The molecule has 0 radical (unpaired) electrons. The molecule has 0 fully saturated rings. The fraction of sp³-hybridized carbons (Fsp3) is 0.318. The molecular weight excluding hydrogens is 416 g/mol. The largest absolute Gasteiger partial charge is 0.347 e. The smallest absolute Gasteiger partial charge is 0.267 e. The van der Waals surface area contributed by atoms with Gasteiger partial charge in [-0.05, 0) is 29.8 Å². The van der Waals surface area contributed by atoms with Gasteiger partial charge < -0.3 is 5.32 Å². The Morgan fingerprint density at radius 3 is 2.29 bits per heavy atom. The van der Waals surface area contributed by atoms with Crippen LogP contribution in [0.5, 0.6) is 0 Å². The topological polar surface area (TPSA) is 99.2 Å². The zero-order valence-electron chi connectivity index (χ0n) is 17.6. The number of anilines is 1. The van der Waals surface area contributed by atoms with Gasteiger partial charge in [-0.1, -0.05) is 44.2 Å². The quantitative estimate of drug-likeness (QED) is 0.679. The van der Waals surface area contributed by atoms with Gasteiger partial charge in [-0.3, -0.25) is 9.59 Å². The molecule has 0 bridgehead atoms. The Balaban J connectivity index is 1.66. The van der Waals surface area contributed by atoms with Crippen LogP contribution in [0.25, 0.3) is 0 Å². The highest BCUT2D eigenvalue weighted by Gasteiger charge is 2.25. The van der Waals surface area contributed by atoms with E-state index in [1.165, 1.54) is 9.31 Å². The number of sulfonamides is 1. The summed E-state index contributed by atoms with van der Waals surface area (Å²) in [7, 11) is -3.51. The van der Waals surface area contributed by atoms with Crippen LogP contribution in [0.4, 0.5) is 5.69 Å². The molecule has 1 heterocycles. The molecule has 1 aliphatic rings. The predicted molar refractivity (Wildman–Crippen MR) is 119 cm³/mol. The number of amides is 2. The van der Waals surface area contributed by atoms with E-state index in [1.54, 1.807) is 62.4 Å². The van der Waals surface area contributed by atoms with Crippen LogP contribution < -0.4 is 10.3 Å². The maximum absolute atomic E-state index is 12.6. The molecule has 0 atom stereocenters. The summed E-state index contributed by atoms with van der Waals surface area (Å²) in [4.78, 5) is 25.0. The third kappa shape index (κ3) is 5.18. The van der Waals surface area contributed by atoms with Crippen molar-refractivity contribution in [1.82, 2.24) is 9.62 Å². The predicted octanol–water partition coefficient (Wildman–Crippen LogP) is 2.52. The molecule has 2 aromatic carbocycles. The van der Waals surface area contributed by atoms with Crippen molar-refractivity contribution in [3.63, 3.8) is 0 Å². The van der Waals surface area contributed by atoms with E-state index in [1.807, 2.05) is 6.07 Å². The maximum atomic E-state index is 12.6. The van der Waals surface area contributed by atoms with Crippen LogP contribution in [0.15, 0.2) is 64.6 Å². The molecule has 3 rings (SSSR count). The minimum absolute atomic E-state index is 0.159. The van der Waals surface area contributed by atoms with Crippen molar-refractivity contribution in [3.8, 4) is 0 Å². The van der Waals surface area contributed by atoms with E-state index in [2.05, 4.69) is 10.4 Å². The van der Waals surface area contributed by atoms with Crippen molar-refractivity contribution < 1.29 is 18.0 Å². The first-order chi connectivity index (χ1) is 14.9. The Bertz CT molecular complexity index is 1060. The van der Waals surface area contributed by atoms with Gasteiger partial charge in [0.15, 0.2) is 0 Å². The molecule has 1 N–H and O–H groups in total. The number of para-hydroxylation sites is 1. The molecule has 31 heavy (non-hydrogen) atoms. The first-order valence-corrected chi connectivity index (χ1v) is 11.6. The zero-order valence-corrected chi connectivity index (χ0v) is 18.4. The molecule has 9 heteroatoms. The summed E-state index contributed by atoms with van der Waals surface area (Å²) >= 11 is 0. The van der Waals surface area contributed by atoms with E-state index in [0.29, 0.717) is 18.8 Å². The molecule has 0 spiro atoms. The first-order valence-electron chi connectivity index (χ1n) is 10.2. The Morgan fingerprint density at radius 1 is 1.03 bits per heavy atom. The fourth-order valence-electron chi connectivity index (χ4n) is 3.26. The molecule has 2 aromatic rings. The van der Waals surface area contributed by atoms with Gasteiger partial charge >= 0.3 is 0 Å². The summed E-state index contributed by atoms with van der Waals surface area (Å²) in [5, 5.41) is 8.28. The number of rotatable bonds is 8. The van der Waals surface area contributed by atoms with E-state index >= 15 is 0 Å². The molecular formula is C22H26N4O4S. The van der Waals surface area contributed by atoms with Crippen LogP contribution in [0, 0.1) is 0 Å². The fourth-order valence-corrected chi connectivity index (χ4v) is 4.72. The molecule has 164 valence electrons. The Hall–Kier alpha value is -3.04. The van der Waals surface area contributed by atoms with Crippen molar-refractivity contribution in [3.05, 3.63) is 60.2 Å². The Morgan fingerprint density at radius 2 is 1.68 bits per heavy atom. The van der Waals surface area contributed by atoms with Crippen molar-refractivity contribution in [2.24, 2.45) is 5.10 Å². The van der Waals surface area contributed by atoms with Crippen LogP contribution in [-0.2, 0) is 26.2 Å². The van der Waals surface area contributed by atoms with Crippen LogP contribution >= 0.6 is 0 Å². The third-order valence-electron chi connectivity index (χ3n) is 5.02. The lowest BCUT2D eigenvalue weighted by Gasteiger charge is -2.23. The summed E-state index contributed by atoms with van der Waals surface area (Å²) in [5.41, 5.74) is 1.66. The molecule has 2 amide bonds. The molecule has 8 nitrogen and oxygen atoms in total. The van der Waals surface area contributed by atoms with Gasteiger partial charge in [-0.15, -0.1) is 0 Å². The number of carbonyl (C=O) groups excluding carboxylic acids is 2. The van der Waals surface area contributed by atoms with E-state index < -0.39 is 10.0 Å². The summed E-state index contributed by atoms with van der Waals surface area (Å²) in [6.45, 7) is 4.63. The lowest BCUT2D eigenvalue weighted by molar-refractivity contribution is -0.119. The Labute approximate surface area is 182 Å². The van der Waals surface area contributed by atoms with E-state index in [9.17, 15) is 18.0 Å². The average Bonchev–Trinajstić information content (AvgIpc) is 2.79. The van der Waals surface area contributed by atoms with Gasteiger partial charge in [0.1, 0.15) is 5.71 Å². The molecule has 1 aliphatic heterocycles. The number of hydrogen-bond donors (Lipinski definition) is 1. The van der Waals surface area contributed by atoms with Crippen LogP contribution in [0.3, 0.4) is 0 Å². The molecule has 0 unspecified atom stereocenters. The number of carbonyl (C=O) groups is 2. The molecule has 0 saturated heterocycles. The van der Waals surface area contributed by atoms with Crippen molar-refractivity contribution in [1.29, 1.82) is 0 Å². The minimum atomic E-state index is -3.51. The lowest BCUT2D eigenvalue weighted by atomic mass is 10.1. The summed E-state index contributed by atoms with van der Waals surface area (Å²) < 4.78 is 26.5. The van der Waals surface area contributed by atoms with Crippen LogP contribution in [0.2, 0.25) is 0 Å². The lowest BCUT2D eigenvalue weighted by Crippen LogP contribution is -2.38. The van der Waals surface area contributed by atoms with Gasteiger partial charge in [0.25, 0.3) is 5.91 Å². The highest BCUT2D eigenvalue weighted by atomic mass is 32.2. The SMILES string of the molecule is CCN(CC)S(=O)(=O)c1ccc(CNC(=O)C2=NN(c3ccccc3)C(=O)CC2)cc1. The van der Waals surface area contributed by atoms with E-state index in [-0.39, 0.29) is 41.8 Å². The average molecular weight is 443 g/mol. The summed E-state index contributed by atoms with van der Waals surface area (Å²) in [6, 6.07) is 15.4. The monoisotopic (exact) mass is 442 g/mol. The van der Waals surface area contributed by atoms with Crippen molar-refractivity contribution >= 4 is 33.2 Å². The number of hydrazone groups is 1. The van der Waals surface area contributed by atoms with Gasteiger partial charge in [-0.2, -0.15) is 9.41 Å². The molecule has 0 aromatic heterocycles. The van der Waals surface area contributed by atoms with E-state index in [0.717, 1.165) is 5.56 Å². The summed E-state index contributed by atoms with van der Waals surface area (Å²) in [6.07, 6.45) is 0.480. The van der Waals surface area contributed by atoms with Gasteiger partial charge in [0.2, 0.25) is 15.9 Å². The molecule has 0 aliphatic carbocycles. The number of nitrogens with zero attached hydrogens (tertiary/aromatic N) is 3. The second kappa shape index (κ2) is 9.84. The second-order valence-corrected chi connectivity index (χ2v) is 8.94. The van der Waals surface area contributed by atoms with Gasteiger partial charge in [0.05, 0.1) is 10.6 Å². The first kappa shape index (κ1) is 22.6. The normalized spacial score (nSPS) is 14.5. The number of benzene rings is 2. The highest BCUT2D eigenvalue weighted by molar-refractivity contribution is 7.89. The Kier molecular flexibility index (Phi) is 7.19. The standard InChI is InChI=1S/C22H26N4O4S/c1-3-25(4-2)31(29,30)19-12-10-17(11-13-19)16-23-22(28)20-14-15-21(27)26(24-20)18-8-6-5-7-9-18/h5-13H,3-4,14-16H2,1-2H3,(H,23,28). The maximum Gasteiger partial charge on any atom is 0.267 e. The van der Waals surface area contributed by atoms with Crippen LogP contribution in [0.1, 0.15) is 32.3 Å². The third-order valence-corrected chi connectivity index (χ3v) is 7.08. The molecule has 0 saturated carbocycles. The second-order valence-electron chi connectivity index (χ2n) is 7.00. The van der Waals surface area contributed by atoms with Gasteiger partial charge in [0, 0.05) is 32.5 Å². The number of nitrogens with one attached hydrogen (secondary N) is 1. The van der Waals surface area contributed by atoms with Crippen LogP contribution in [-0.4, -0.2) is 43.3 Å². The van der Waals surface area contributed by atoms with Crippen molar-refractivity contribution in [2.45, 2.75) is 38.1 Å². The van der Waals surface area contributed by atoms with Crippen molar-refractivity contribution in [2.75, 3.05) is 18.1 Å². The highest BCUT2D eigenvalue weighted by Crippen LogP contribution is 2.20. The minimum Gasteiger partial charge on any atom is -0.347 e. The zero-order chi connectivity index (χ0) is 22.4. The summed E-state index contributed by atoms with van der Waals surface area (Å²) in [5.74, 6) is -0.513.